The topological polar surface area (TPSA) is 155 Å². The molecule has 1 atom stereocenters. The van der Waals surface area contributed by atoms with Crippen molar-refractivity contribution in [2.75, 3.05) is 33.0 Å². The molecule has 5 aromatic carbocycles. The van der Waals surface area contributed by atoms with E-state index in [-0.39, 0.29) is 25.3 Å². The Hall–Kier alpha value is -7.05. The van der Waals surface area contributed by atoms with E-state index < -0.39 is 68.8 Å². The van der Waals surface area contributed by atoms with E-state index in [1.165, 1.54) is 20.5 Å². The zero-order chi connectivity index (χ0) is 44.4. The number of ether oxygens (including phenoxy) is 3. The van der Waals surface area contributed by atoms with Crippen molar-refractivity contribution in [2.24, 2.45) is 0 Å². The van der Waals surface area contributed by atoms with Gasteiger partial charge in [-0.15, -0.1) is 0 Å². The van der Waals surface area contributed by atoms with Crippen molar-refractivity contribution in [1.82, 2.24) is 29.0 Å². The van der Waals surface area contributed by atoms with Crippen LogP contribution in [-0.2, 0) is 23.1 Å². The van der Waals surface area contributed by atoms with Crippen LogP contribution in [-0.4, -0.2) is 70.6 Å². The van der Waals surface area contributed by atoms with Crippen molar-refractivity contribution < 1.29 is 45.0 Å². The summed E-state index contributed by atoms with van der Waals surface area (Å²) in [5, 5.41) is 5.27. The Labute approximate surface area is 359 Å². The third-order valence-electron chi connectivity index (χ3n) is 10.7. The van der Waals surface area contributed by atoms with Crippen molar-refractivity contribution in [2.45, 2.75) is 36.9 Å². The van der Waals surface area contributed by atoms with Gasteiger partial charge in [0.15, 0.2) is 28.9 Å². The highest BCUT2D eigenvalue weighted by molar-refractivity contribution is 7.89. The van der Waals surface area contributed by atoms with Crippen LogP contribution in [0.4, 0.5) is 23.4 Å². The molecule has 8 rings (SSSR count). The molecule has 324 valence electrons. The van der Waals surface area contributed by atoms with E-state index in [0.717, 1.165) is 9.21 Å². The highest BCUT2D eigenvalue weighted by Gasteiger charge is 2.41. The maximum atomic E-state index is 16.2. The van der Waals surface area contributed by atoms with Crippen LogP contribution in [0.15, 0.2) is 114 Å². The third-order valence-corrected chi connectivity index (χ3v) is 12.6. The highest BCUT2D eigenvalue weighted by Crippen LogP contribution is 2.37. The average Bonchev–Trinajstić information content (AvgIpc) is 3.71. The molecular weight excluding hydrogens is 843 g/mol. The lowest BCUT2D eigenvalue weighted by Crippen LogP contribution is -2.43. The fourth-order valence-electron chi connectivity index (χ4n) is 7.52. The number of likely N-dealkylation sites (tertiary alicyclic amines) is 1. The van der Waals surface area contributed by atoms with E-state index in [0.29, 0.717) is 62.8 Å². The second-order valence-corrected chi connectivity index (χ2v) is 16.5. The molecule has 1 amide bonds. The normalized spacial score (nSPS) is 14.3. The van der Waals surface area contributed by atoms with Gasteiger partial charge in [-0.1, -0.05) is 42.5 Å². The van der Waals surface area contributed by atoms with E-state index in [1.54, 1.807) is 77.5 Å². The summed E-state index contributed by atoms with van der Waals surface area (Å²) in [6.07, 6.45) is 1.93. The van der Waals surface area contributed by atoms with Crippen LogP contribution < -0.4 is 19.9 Å². The monoisotopic (exact) mass is 881 g/mol. The van der Waals surface area contributed by atoms with Crippen LogP contribution in [0.3, 0.4) is 0 Å². The van der Waals surface area contributed by atoms with Crippen molar-refractivity contribution in [3.05, 3.63) is 149 Å². The number of piperidine rings is 1. The molecule has 1 fully saturated rings. The van der Waals surface area contributed by atoms with Crippen LogP contribution in [0.25, 0.3) is 22.3 Å². The summed E-state index contributed by atoms with van der Waals surface area (Å²) in [5.74, 6) is -8.24. The molecule has 7 aromatic rings. The SMILES string of the molecule is COc1ccc(CN(Cc2ccc(OC)cc2)S(=O)(=O)c2c(F)c(F)c(F)c(F)c2C(=O)N2CCC[C@@H](n3nc(-c4ccc(Oc5ccccc5)cc4)c4c(N)ncnc43)C2)cc1. The smallest absolute Gasteiger partial charge is 0.258 e. The third kappa shape index (κ3) is 8.46. The van der Waals surface area contributed by atoms with Crippen molar-refractivity contribution >= 4 is 32.8 Å². The van der Waals surface area contributed by atoms with Gasteiger partial charge in [0.1, 0.15) is 51.3 Å². The van der Waals surface area contributed by atoms with E-state index in [4.69, 9.17) is 25.0 Å². The molecule has 1 aliphatic rings. The molecule has 2 N–H and O–H groups in total. The van der Waals surface area contributed by atoms with Gasteiger partial charge < -0.3 is 24.8 Å². The molecule has 13 nitrogen and oxygen atoms in total. The summed E-state index contributed by atoms with van der Waals surface area (Å²) in [4.78, 5) is 22.5. The summed E-state index contributed by atoms with van der Waals surface area (Å²) >= 11 is 0. The molecule has 0 saturated carbocycles. The Bertz CT molecular complexity index is 2860. The van der Waals surface area contributed by atoms with Gasteiger partial charge in [-0.3, -0.25) is 4.79 Å². The number of methoxy groups -OCH3 is 2. The minimum absolute atomic E-state index is 0.0671. The van der Waals surface area contributed by atoms with E-state index in [9.17, 15) is 13.2 Å². The Balaban J connectivity index is 1.15. The van der Waals surface area contributed by atoms with Gasteiger partial charge in [-0.05, 0) is 84.6 Å². The largest absolute Gasteiger partial charge is 0.497 e. The summed E-state index contributed by atoms with van der Waals surface area (Å²) in [6.45, 7) is -1.19. The summed E-state index contributed by atoms with van der Waals surface area (Å²) < 4.78 is 111. The van der Waals surface area contributed by atoms with Crippen LogP contribution in [0, 0.1) is 23.3 Å². The summed E-state index contributed by atoms with van der Waals surface area (Å²) in [6, 6.07) is 28.1. The number of hydrogen-bond donors (Lipinski definition) is 1. The highest BCUT2D eigenvalue weighted by atomic mass is 32.2. The number of carbonyl (C=O) groups is 1. The number of halogens is 4. The second kappa shape index (κ2) is 17.7. The number of rotatable bonds is 13. The Morgan fingerprint density at radius 3 is 1.94 bits per heavy atom. The van der Waals surface area contributed by atoms with Gasteiger partial charge in [-0.25, -0.2) is 40.6 Å². The molecule has 63 heavy (non-hydrogen) atoms. The molecule has 0 spiro atoms. The summed E-state index contributed by atoms with van der Waals surface area (Å²) in [5.41, 5.74) is 7.02. The first-order valence-electron chi connectivity index (χ1n) is 19.6. The van der Waals surface area contributed by atoms with Gasteiger partial charge >= 0.3 is 0 Å². The molecule has 0 aliphatic carbocycles. The first-order chi connectivity index (χ1) is 30.4. The number of nitrogens with zero attached hydrogens (tertiary/aromatic N) is 6. The van der Waals surface area contributed by atoms with Crippen molar-refractivity contribution in [3.63, 3.8) is 0 Å². The van der Waals surface area contributed by atoms with Gasteiger partial charge in [0, 0.05) is 31.7 Å². The zero-order valence-corrected chi connectivity index (χ0v) is 34.7. The average molecular weight is 882 g/mol. The van der Waals surface area contributed by atoms with E-state index in [2.05, 4.69) is 9.97 Å². The number of fused-ring (bicyclic) bond motifs is 1. The Morgan fingerprint density at radius 1 is 0.762 bits per heavy atom. The van der Waals surface area contributed by atoms with Crippen LogP contribution >= 0.6 is 0 Å². The van der Waals surface area contributed by atoms with Crippen molar-refractivity contribution in [1.29, 1.82) is 0 Å². The number of aromatic nitrogens is 4. The van der Waals surface area contributed by atoms with Crippen LogP contribution in [0.1, 0.15) is 40.4 Å². The van der Waals surface area contributed by atoms with Gasteiger partial charge in [0.25, 0.3) is 5.91 Å². The number of para-hydroxylation sites is 1. The number of sulfonamides is 1. The van der Waals surface area contributed by atoms with E-state index >= 15 is 17.6 Å². The molecule has 0 unspecified atom stereocenters. The first-order valence-corrected chi connectivity index (χ1v) is 21.0. The fourth-order valence-corrected chi connectivity index (χ4v) is 9.17. The van der Waals surface area contributed by atoms with Gasteiger partial charge in [-0.2, -0.15) is 9.40 Å². The van der Waals surface area contributed by atoms with Crippen LogP contribution in [0.5, 0.6) is 23.0 Å². The van der Waals surface area contributed by atoms with Gasteiger partial charge in [0.2, 0.25) is 10.0 Å². The Morgan fingerprint density at radius 2 is 1.33 bits per heavy atom. The standard InChI is InChI=1S/C45H39F4N7O6S/c1-60-31-16-10-27(11-17-31)23-55(24-28-12-18-32(61-2)19-13-28)63(58,59)42-35(37(46)38(47)39(48)40(42)49)45(57)54-22-6-7-30(25-54)56-44-36(43(50)51-26-52-44)41(53-56)29-14-20-34(21-15-29)62-33-8-4-3-5-9-33/h3-5,8-21,26,30H,6-7,22-25H2,1-2H3,(H2,50,51,52)/t30-/m1/s1. The molecule has 0 bridgehead atoms. The molecule has 3 heterocycles. The lowest BCUT2D eigenvalue weighted by atomic mass is 10.0. The molecule has 0 radical (unpaired) electrons. The number of nitrogens with two attached hydrogens (primary N) is 1. The van der Waals surface area contributed by atoms with E-state index in [1.807, 2.05) is 30.3 Å². The molecule has 1 saturated heterocycles. The number of amides is 1. The van der Waals surface area contributed by atoms with Gasteiger partial charge in [0.05, 0.1) is 25.6 Å². The number of nitrogen functional groups attached to an aromatic ring is 1. The predicted octanol–water partition coefficient (Wildman–Crippen LogP) is 8.31. The lowest BCUT2D eigenvalue weighted by Gasteiger charge is -2.34. The number of benzene rings is 5. The molecule has 18 heteroatoms. The number of hydrogen-bond acceptors (Lipinski definition) is 10. The second-order valence-electron chi connectivity index (χ2n) is 14.7. The van der Waals surface area contributed by atoms with Crippen molar-refractivity contribution in [3.8, 4) is 34.3 Å². The molecular formula is C45H39F4N7O6S. The Kier molecular flexibility index (Phi) is 12.0. The first kappa shape index (κ1) is 42.6. The molecule has 1 aliphatic heterocycles. The zero-order valence-electron chi connectivity index (χ0n) is 33.8. The number of carbonyl (C=O) groups excluding carboxylic acids is 1. The maximum Gasteiger partial charge on any atom is 0.258 e. The number of anilines is 1. The fraction of sp³-hybridized carbons (Fsp3) is 0.200. The minimum Gasteiger partial charge on any atom is -0.497 e. The van der Waals surface area contributed by atoms with Crippen LogP contribution in [0.2, 0.25) is 0 Å². The lowest BCUT2D eigenvalue weighted by molar-refractivity contribution is 0.0662. The molecule has 2 aromatic heterocycles. The predicted molar refractivity (Wildman–Crippen MR) is 225 cm³/mol. The minimum atomic E-state index is -5.34. The summed E-state index contributed by atoms with van der Waals surface area (Å²) in [7, 11) is -2.45. The maximum absolute atomic E-state index is 16.2. The quantitative estimate of drug-likeness (QED) is 0.0680.